The highest BCUT2D eigenvalue weighted by molar-refractivity contribution is 7.89. The van der Waals surface area contributed by atoms with Crippen molar-refractivity contribution in [2.45, 2.75) is 17.6 Å². The van der Waals surface area contributed by atoms with Crippen molar-refractivity contribution in [3.63, 3.8) is 0 Å². The average molecular weight is 386 g/mol. The molecule has 1 N–H and O–H groups in total. The molecule has 0 saturated heterocycles. The fourth-order valence-electron chi connectivity index (χ4n) is 2.26. The molecule has 0 heterocycles. The fraction of sp³-hybridized carbons (Fsp3) is 0.235. The minimum absolute atomic E-state index is 0.0296. The van der Waals surface area contributed by atoms with Crippen molar-refractivity contribution in [2.24, 2.45) is 0 Å². The Labute approximate surface area is 149 Å². The first-order chi connectivity index (χ1) is 12.0. The second-order valence-electron chi connectivity index (χ2n) is 5.59. The fourth-order valence-corrected chi connectivity index (χ4v) is 2.99. The molecule has 26 heavy (non-hydrogen) atoms. The molecule has 0 unspecified atom stereocenters. The molecule has 1 amide bonds. The lowest BCUT2D eigenvalue weighted by atomic mass is 10.1. The number of carbonyl (C=O) groups excluding carboxylic acids is 1. The third-order valence-electron chi connectivity index (χ3n) is 3.73. The molecule has 0 bridgehead atoms. The summed E-state index contributed by atoms with van der Waals surface area (Å²) in [5, 5.41) is 0. The van der Waals surface area contributed by atoms with E-state index in [1.807, 2.05) is 0 Å². The van der Waals surface area contributed by atoms with Crippen LogP contribution in [-0.2, 0) is 22.7 Å². The van der Waals surface area contributed by atoms with E-state index in [-0.39, 0.29) is 22.9 Å². The third-order valence-corrected chi connectivity index (χ3v) is 5.16. The Morgan fingerprint density at radius 3 is 2.04 bits per heavy atom. The van der Waals surface area contributed by atoms with Crippen molar-refractivity contribution < 1.29 is 26.4 Å². The Morgan fingerprint density at radius 1 is 1.04 bits per heavy atom. The van der Waals surface area contributed by atoms with E-state index >= 15 is 0 Å². The van der Waals surface area contributed by atoms with E-state index in [0.717, 1.165) is 12.1 Å². The van der Waals surface area contributed by atoms with Gasteiger partial charge in [-0.1, -0.05) is 12.1 Å². The highest BCUT2D eigenvalue weighted by atomic mass is 32.2. The topological polar surface area (TPSA) is 66.5 Å². The van der Waals surface area contributed by atoms with Crippen LogP contribution in [0.2, 0.25) is 0 Å². The summed E-state index contributed by atoms with van der Waals surface area (Å²) >= 11 is 0. The molecule has 5 nitrogen and oxygen atoms in total. The molecular formula is C17H17F3N2O3S. The van der Waals surface area contributed by atoms with E-state index in [1.165, 1.54) is 55.4 Å². The molecule has 2 aromatic rings. The Hall–Kier alpha value is -2.39. The summed E-state index contributed by atoms with van der Waals surface area (Å²) in [6.45, 7) is 0.119. The van der Waals surface area contributed by atoms with Gasteiger partial charge in [-0.2, -0.15) is 13.2 Å². The van der Waals surface area contributed by atoms with Crippen molar-refractivity contribution in [1.29, 1.82) is 0 Å². The van der Waals surface area contributed by atoms with Gasteiger partial charge in [0, 0.05) is 19.2 Å². The van der Waals surface area contributed by atoms with E-state index in [0.29, 0.717) is 5.56 Å². The summed E-state index contributed by atoms with van der Waals surface area (Å²) in [6, 6.07) is 9.95. The lowest BCUT2D eigenvalue weighted by molar-refractivity contribution is -0.137. The first-order valence-corrected chi connectivity index (χ1v) is 8.98. The number of benzene rings is 2. The summed E-state index contributed by atoms with van der Waals surface area (Å²) in [5.41, 5.74) is 0.0641. The van der Waals surface area contributed by atoms with E-state index in [1.54, 1.807) is 0 Å². The minimum Gasteiger partial charge on any atom is -0.337 e. The number of nitrogens with zero attached hydrogens (tertiary/aromatic N) is 1. The van der Waals surface area contributed by atoms with Gasteiger partial charge in [0.25, 0.3) is 5.91 Å². The maximum Gasteiger partial charge on any atom is 0.416 e. The van der Waals surface area contributed by atoms with Crippen LogP contribution in [0.4, 0.5) is 13.2 Å². The van der Waals surface area contributed by atoms with Gasteiger partial charge in [-0.05, 0) is 49.0 Å². The van der Waals surface area contributed by atoms with Crippen LogP contribution < -0.4 is 4.72 Å². The van der Waals surface area contributed by atoms with Crippen molar-refractivity contribution >= 4 is 15.9 Å². The average Bonchev–Trinajstić information content (AvgIpc) is 2.61. The first-order valence-electron chi connectivity index (χ1n) is 7.50. The van der Waals surface area contributed by atoms with Crippen molar-refractivity contribution in [1.82, 2.24) is 9.62 Å². The molecule has 2 aromatic carbocycles. The van der Waals surface area contributed by atoms with Gasteiger partial charge in [0.05, 0.1) is 10.5 Å². The van der Waals surface area contributed by atoms with Crippen LogP contribution in [0.15, 0.2) is 53.4 Å². The van der Waals surface area contributed by atoms with E-state index in [2.05, 4.69) is 4.72 Å². The highest BCUT2D eigenvalue weighted by Gasteiger charge is 2.30. The Balaban J connectivity index is 2.10. The largest absolute Gasteiger partial charge is 0.416 e. The second-order valence-corrected chi connectivity index (χ2v) is 7.47. The summed E-state index contributed by atoms with van der Waals surface area (Å²) < 4.78 is 63.2. The molecule has 0 radical (unpaired) electrons. The molecule has 0 atom stereocenters. The molecule has 0 aliphatic carbocycles. The van der Waals surface area contributed by atoms with Crippen LogP contribution in [-0.4, -0.2) is 33.3 Å². The monoisotopic (exact) mass is 386 g/mol. The van der Waals surface area contributed by atoms with Crippen molar-refractivity contribution in [3.05, 3.63) is 65.2 Å². The van der Waals surface area contributed by atoms with Gasteiger partial charge >= 0.3 is 6.18 Å². The van der Waals surface area contributed by atoms with Gasteiger partial charge in [0.1, 0.15) is 0 Å². The Bertz CT molecular complexity index is 877. The molecule has 0 aliphatic rings. The first kappa shape index (κ1) is 19.9. The van der Waals surface area contributed by atoms with Gasteiger partial charge in [0.15, 0.2) is 0 Å². The maximum absolute atomic E-state index is 12.6. The smallest absolute Gasteiger partial charge is 0.337 e. The van der Waals surface area contributed by atoms with E-state index in [9.17, 15) is 26.4 Å². The molecule has 0 saturated carbocycles. The number of rotatable bonds is 5. The molecule has 140 valence electrons. The summed E-state index contributed by atoms with van der Waals surface area (Å²) in [7, 11) is -0.796. The zero-order valence-electron chi connectivity index (χ0n) is 14.0. The SMILES string of the molecule is CNS(=O)(=O)c1ccc(C(=O)N(C)Cc2ccc(C(F)(F)F)cc2)cc1. The van der Waals surface area contributed by atoms with Crippen molar-refractivity contribution in [2.75, 3.05) is 14.1 Å². The second kappa shape index (κ2) is 7.46. The number of halogens is 3. The van der Waals surface area contributed by atoms with Gasteiger partial charge in [-0.25, -0.2) is 13.1 Å². The van der Waals surface area contributed by atoms with Crippen LogP contribution in [0.5, 0.6) is 0 Å². The third kappa shape index (κ3) is 4.61. The summed E-state index contributed by atoms with van der Waals surface area (Å²) in [6.07, 6.45) is -4.41. The van der Waals surface area contributed by atoms with Crippen LogP contribution in [0.3, 0.4) is 0 Å². The Kier molecular flexibility index (Phi) is 5.72. The number of sulfonamides is 1. The summed E-state index contributed by atoms with van der Waals surface area (Å²) in [4.78, 5) is 13.8. The molecular weight excluding hydrogens is 369 g/mol. The van der Waals surface area contributed by atoms with Gasteiger partial charge in [0.2, 0.25) is 10.0 Å². The van der Waals surface area contributed by atoms with Crippen molar-refractivity contribution in [3.8, 4) is 0 Å². The highest BCUT2D eigenvalue weighted by Crippen LogP contribution is 2.29. The van der Waals surface area contributed by atoms with Gasteiger partial charge in [-0.3, -0.25) is 4.79 Å². The molecule has 0 aromatic heterocycles. The summed E-state index contributed by atoms with van der Waals surface area (Å²) in [5.74, 6) is -0.377. The minimum atomic E-state index is -4.41. The number of hydrogen-bond acceptors (Lipinski definition) is 3. The predicted octanol–water partition coefficient (Wildman–Crippen LogP) is 2.89. The normalized spacial score (nSPS) is 12.0. The molecule has 0 aliphatic heterocycles. The molecule has 2 rings (SSSR count). The van der Waals surface area contributed by atoms with Crippen LogP contribution in [0, 0.1) is 0 Å². The molecule has 0 spiro atoms. The van der Waals surface area contributed by atoms with E-state index < -0.39 is 21.8 Å². The zero-order valence-corrected chi connectivity index (χ0v) is 14.9. The molecule has 9 heteroatoms. The predicted molar refractivity (Wildman–Crippen MR) is 89.9 cm³/mol. The standard InChI is InChI=1S/C17H17F3N2O3S/c1-21-26(24,25)15-9-5-13(6-10-15)16(23)22(2)11-12-3-7-14(8-4-12)17(18,19)20/h3-10,21H,11H2,1-2H3. The number of hydrogen-bond donors (Lipinski definition) is 1. The number of carbonyl (C=O) groups is 1. The quantitative estimate of drug-likeness (QED) is 0.859. The van der Waals surface area contributed by atoms with Gasteiger partial charge in [-0.15, -0.1) is 0 Å². The molecule has 0 fully saturated rings. The number of amides is 1. The van der Waals surface area contributed by atoms with E-state index in [4.69, 9.17) is 0 Å². The van der Waals surface area contributed by atoms with Crippen LogP contribution in [0.25, 0.3) is 0 Å². The maximum atomic E-state index is 12.6. The zero-order chi connectivity index (χ0) is 19.5. The Morgan fingerprint density at radius 2 is 1.58 bits per heavy atom. The lowest BCUT2D eigenvalue weighted by Crippen LogP contribution is -2.26. The number of alkyl halides is 3. The van der Waals surface area contributed by atoms with Gasteiger partial charge < -0.3 is 4.90 Å². The number of nitrogens with one attached hydrogen (secondary N) is 1. The van der Waals surface area contributed by atoms with Crippen LogP contribution in [0.1, 0.15) is 21.5 Å². The lowest BCUT2D eigenvalue weighted by Gasteiger charge is -2.18. The van der Waals surface area contributed by atoms with Crippen LogP contribution >= 0.6 is 0 Å².